The summed E-state index contributed by atoms with van der Waals surface area (Å²) in [5.41, 5.74) is 4.40. The molecule has 13 nitrogen and oxygen atoms in total. The third-order valence-electron chi connectivity index (χ3n) is 13.1. The smallest absolute Gasteiger partial charge is 0.277 e. The fourth-order valence-electron chi connectivity index (χ4n) is 9.52. The lowest BCUT2D eigenvalue weighted by Crippen LogP contribution is -2.43. The lowest BCUT2D eigenvalue weighted by molar-refractivity contribution is -0.139. The molecule has 4 amide bonds. The van der Waals surface area contributed by atoms with Crippen molar-refractivity contribution in [3.63, 3.8) is 0 Å². The number of fused-ring (bicyclic) bond motifs is 1. The SMILES string of the molecule is Cn1cnc2c(F)c(Nc3ccc(Br)cc3F)c(C(=O)NOCC(=O)N3CCC(CC4CCN(CC5CCN(c6ccc([C@@H]7CCC(=O)NC7=O)cc6)CC5)CC4)CC3)cc21. The van der Waals surface area contributed by atoms with Crippen LogP contribution < -0.4 is 21.0 Å². The number of aromatic nitrogens is 2. The highest BCUT2D eigenvalue weighted by Gasteiger charge is 2.31. The van der Waals surface area contributed by atoms with E-state index in [1.165, 1.54) is 62.3 Å². The molecule has 8 rings (SSSR count). The molecule has 4 saturated heterocycles. The number of hydrogen-bond acceptors (Lipinski definition) is 9. The number of carbonyl (C=O) groups excluding carboxylic acids is 4. The molecule has 4 aliphatic heterocycles. The first-order valence-electron chi connectivity index (χ1n) is 21.5. The number of amides is 4. The van der Waals surface area contributed by atoms with E-state index in [-0.39, 0.29) is 52.7 Å². The number of nitrogens with one attached hydrogen (secondary N) is 3. The maximum atomic E-state index is 15.7. The number of imidazole rings is 1. The van der Waals surface area contributed by atoms with Gasteiger partial charge in [0.2, 0.25) is 11.8 Å². The average molecular weight is 904 g/mol. The van der Waals surface area contributed by atoms with E-state index in [1.54, 1.807) is 22.6 Å². The van der Waals surface area contributed by atoms with Crippen LogP contribution in [-0.2, 0) is 26.3 Å². The van der Waals surface area contributed by atoms with Crippen molar-refractivity contribution < 1.29 is 32.8 Å². The van der Waals surface area contributed by atoms with Gasteiger partial charge in [0.25, 0.3) is 11.8 Å². The molecule has 324 valence electrons. The second-order valence-electron chi connectivity index (χ2n) is 17.1. The molecule has 1 aromatic heterocycles. The van der Waals surface area contributed by atoms with Gasteiger partial charge in [-0.3, -0.25) is 29.3 Å². The summed E-state index contributed by atoms with van der Waals surface area (Å²) in [4.78, 5) is 66.6. The summed E-state index contributed by atoms with van der Waals surface area (Å²) >= 11 is 3.21. The van der Waals surface area contributed by atoms with Crippen LogP contribution in [0, 0.1) is 29.4 Å². The van der Waals surface area contributed by atoms with E-state index in [0.29, 0.717) is 53.7 Å². The van der Waals surface area contributed by atoms with Crippen LogP contribution in [0.2, 0.25) is 0 Å². The van der Waals surface area contributed by atoms with Crippen molar-refractivity contribution in [1.29, 1.82) is 0 Å². The molecule has 0 radical (unpaired) electrons. The van der Waals surface area contributed by atoms with Gasteiger partial charge in [-0.15, -0.1) is 0 Å². The van der Waals surface area contributed by atoms with Crippen LogP contribution in [0.5, 0.6) is 0 Å². The first kappa shape index (κ1) is 42.7. The van der Waals surface area contributed by atoms with Crippen molar-refractivity contribution in [3.8, 4) is 0 Å². The van der Waals surface area contributed by atoms with Gasteiger partial charge in [-0.1, -0.05) is 28.1 Å². The summed E-state index contributed by atoms with van der Waals surface area (Å²) in [6, 6.07) is 14.0. The van der Waals surface area contributed by atoms with Crippen molar-refractivity contribution in [3.05, 3.63) is 82.1 Å². The van der Waals surface area contributed by atoms with E-state index in [9.17, 15) is 23.6 Å². The zero-order valence-electron chi connectivity index (χ0n) is 34.4. The number of carbonyl (C=O) groups is 4. The van der Waals surface area contributed by atoms with Gasteiger partial charge in [-0.2, -0.15) is 0 Å². The predicted octanol–water partition coefficient (Wildman–Crippen LogP) is 6.80. The fraction of sp³-hybridized carbons (Fsp3) is 0.489. The summed E-state index contributed by atoms with van der Waals surface area (Å²) in [7, 11) is 1.67. The number of likely N-dealkylation sites (tertiary alicyclic amines) is 2. The fourth-order valence-corrected chi connectivity index (χ4v) is 9.86. The largest absolute Gasteiger partial charge is 0.372 e. The molecule has 0 aliphatic carbocycles. The van der Waals surface area contributed by atoms with E-state index in [4.69, 9.17) is 4.84 Å². The van der Waals surface area contributed by atoms with Crippen molar-refractivity contribution in [2.24, 2.45) is 24.8 Å². The summed E-state index contributed by atoms with van der Waals surface area (Å²) in [5, 5.41) is 5.17. The van der Waals surface area contributed by atoms with Crippen molar-refractivity contribution in [2.75, 3.05) is 62.6 Å². The molecule has 1 atom stereocenters. The number of imide groups is 1. The Labute approximate surface area is 362 Å². The van der Waals surface area contributed by atoms with Crippen LogP contribution in [0.15, 0.2) is 59.3 Å². The van der Waals surface area contributed by atoms with E-state index in [2.05, 4.69) is 59.0 Å². The standard InChI is InChI=1S/C45H53BrF2N8O5/c1-53-27-49-43-38(53)24-35(42(41(43)48)50-37-8-4-32(46)23-36(37)47)45(60)52-61-26-40(58)56-20-12-29(13-21-56)22-28-10-16-54(17-11-28)25-30-14-18-55(19-15-30)33-5-2-31(3-6-33)34-7-9-39(57)51-44(34)59/h2-6,8,23-24,27-30,34,50H,7,9-22,25-26H2,1H3,(H,52,60)(H,51,57,59)/t34-/m0/s1. The molecule has 3 aromatic carbocycles. The van der Waals surface area contributed by atoms with Crippen LogP contribution in [0.1, 0.15) is 79.6 Å². The summed E-state index contributed by atoms with van der Waals surface area (Å²) in [6.45, 7) is 6.38. The van der Waals surface area contributed by atoms with Gasteiger partial charge >= 0.3 is 0 Å². The third kappa shape index (κ3) is 10.1. The summed E-state index contributed by atoms with van der Waals surface area (Å²) in [5.74, 6) is -1.17. The normalized spacial score (nSPS) is 20.0. The predicted molar refractivity (Wildman–Crippen MR) is 231 cm³/mol. The van der Waals surface area contributed by atoms with Crippen LogP contribution in [0.3, 0.4) is 0 Å². The van der Waals surface area contributed by atoms with Crippen molar-refractivity contribution >= 4 is 67.7 Å². The summed E-state index contributed by atoms with van der Waals surface area (Å²) < 4.78 is 32.5. The quantitative estimate of drug-likeness (QED) is 0.104. The number of rotatable bonds is 12. The number of hydrogen-bond donors (Lipinski definition) is 3. The van der Waals surface area contributed by atoms with Gasteiger partial charge in [0.05, 0.1) is 34.7 Å². The number of anilines is 3. The third-order valence-corrected chi connectivity index (χ3v) is 13.6. The number of benzene rings is 3. The molecular formula is C45H53BrF2N8O5. The molecule has 0 unspecified atom stereocenters. The molecule has 4 aromatic rings. The number of hydroxylamine groups is 1. The summed E-state index contributed by atoms with van der Waals surface area (Å²) in [6.07, 6.45) is 10.2. The molecule has 5 heterocycles. The first-order chi connectivity index (χ1) is 29.5. The van der Waals surface area contributed by atoms with Crippen LogP contribution in [0.25, 0.3) is 11.0 Å². The highest BCUT2D eigenvalue weighted by atomic mass is 79.9. The highest BCUT2D eigenvalue weighted by Crippen LogP contribution is 2.34. The van der Waals surface area contributed by atoms with E-state index >= 15 is 4.39 Å². The van der Waals surface area contributed by atoms with E-state index < -0.39 is 17.5 Å². The molecule has 4 fully saturated rings. The molecule has 61 heavy (non-hydrogen) atoms. The van der Waals surface area contributed by atoms with E-state index in [1.807, 2.05) is 12.1 Å². The lowest BCUT2D eigenvalue weighted by Gasteiger charge is -2.39. The second-order valence-corrected chi connectivity index (χ2v) is 18.1. The highest BCUT2D eigenvalue weighted by molar-refractivity contribution is 9.10. The average Bonchev–Trinajstić information content (AvgIpc) is 3.64. The zero-order valence-corrected chi connectivity index (χ0v) is 36.0. The minimum Gasteiger partial charge on any atom is -0.372 e. The van der Waals surface area contributed by atoms with E-state index in [0.717, 1.165) is 51.1 Å². The van der Waals surface area contributed by atoms with Gasteiger partial charge < -0.3 is 24.6 Å². The lowest BCUT2D eigenvalue weighted by atomic mass is 9.82. The Morgan fingerprint density at radius 1 is 0.885 bits per heavy atom. The Hall–Kier alpha value is -4.93. The maximum absolute atomic E-state index is 15.7. The van der Waals surface area contributed by atoms with Gasteiger partial charge in [0.1, 0.15) is 11.3 Å². The van der Waals surface area contributed by atoms with Gasteiger partial charge in [0, 0.05) is 56.4 Å². The van der Waals surface area contributed by atoms with Crippen molar-refractivity contribution in [1.82, 2.24) is 30.1 Å². The van der Waals surface area contributed by atoms with Crippen LogP contribution in [-0.4, -0.2) is 95.4 Å². The second kappa shape index (κ2) is 19.0. The molecule has 16 heteroatoms. The molecule has 0 bridgehead atoms. The van der Waals surface area contributed by atoms with Gasteiger partial charge in [-0.25, -0.2) is 19.2 Å². The Bertz CT molecular complexity index is 2250. The zero-order chi connectivity index (χ0) is 42.6. The number of aryl methyl sites for hydroxylation is 1. The monoisotopic (exact) mass is 902 g/mol. The topological polar surface area (TPSA) is 141 Å². The van der Waals surface area contributed by atoms with Gasteiger partial charge in [0.15, 0.2) is 12.4 Å². The number of nitrogens with zero attached hydrogens (tertiary/aromatic N) is 5. The Morgan fingerprint density at radius 3 is 2.26 bits per heavy atom. The molecular weight excluding hydrogens is 850 g/mol. The number of halogens is 3. The Kier molecular flexibility index (Phi) is 13.3. The Balaban J connectivity index is 0.732. The minimum absolute atomic E-state index is 0.0169. The van der Waals surface area contributed by atoms with Crippen LogP contribution >= 0.6 is 15.9 Å². The number of piperidine rings is 4. The molecule has 0 saturated carbocycles. The molecule has 4 aliphatic rings. The van der Waals surface area contributed by atoms with Crippen LogP contribution in [0.4, 0.5) is 25.8 Å². The maximum Gasteiger partial charge on any atom is 0.277 e. The minimum atomic E-state index is -0.821. The Morgan fingerprint density at radius 2 is 1.57 bits per heavy atom. The molecule has 0 spiro atoms. The van der Waals surface area contributed by atoms with Crippen molar-refractivity contribution in [2.45, 2.75) is 63.7 Å². The van der Waals surface area contributed by atoms with Gasteiger partial charge in [-0.05, 0) is 124 Å². The molecule has 3 N–H and O–H groups in total. The first-order valence-corrected chi connectivity index (χ1v) is 22.2.